The second-order valence-electron chi connectivity index (χ2n) is 6.44. The number of hydrogen-bond donors (Lipinski definition) is 0. The van der Waals surface area contributed by atoms with Crippen molar-refractivity contribution in [2.24, 2.45) is 0 Å². The van der Waals surface area contributed by atoms with Crippen LogP contribution in [0.5, 0.6) is 0 Å². The number of ether oxygens (including phenoxy) is 4. The number of esters is 1. The van der Waals surface area contributed by atoms with Gasteiger partial charge < -0.3 is 18.9 Å². The molecule has 6 nitrogen and oxygen atoms in total. The Morgan fingerprint density at radius 2 is 1.81 bits per heavy atom. The first kappa shape index (κ1) is 16.9. The number of ketones is 1. The molecule has 1 saturated heterocycles. The highest BCUT2D eigenvalue weighted by atomic mass is 16.9. The standard InChI is InChI=1S/C20H18O6/c1-19(18(22)24-12-13-8-4-3-5-9-13)17-16(21)14-10-6-7-11-15(14)20(23-2,25-17)26-19/h3-11,17H,12H2,1-2H3/t17-,19+,20+/m1/s1. The van der Waals surface area contributed by atoms with E-state index in [1.807, 2.05) is 30.3 Å². The van der Waals surface area contributed by atoms with E-state index >= 15 is 0 Å². The molecule has 2 aromatic rings. The molecule has 1 fully saturated rings. The third-order valence-corrected chi connectivity index (χ3v) is 4.77. The lowest BCUT2D eigenvalue weighted by Crippen LogP contribution is -2.49. The second-order valence-corrected chi connectivity index (χ2v) is 6.44. The van der Waals surface area contributed by atoms with Crippen molar-refractivity contribution < 1.29 is 28.5 Å². The molecule has 0 amide bonds. The lowest BCUT2D eigenvalue weighted by atomic mass is 9.89. The highest BCUT2D eigenvalue weighted by Gasteiger charge is 2.67. The molecule has 2 aromatic carbocycles. The molecule has 3 atom stereocenters. The van der Waals surface area contributed by atoms with Crippen LogP contribution < -0.4 is 0 Å². The van der Waals surface area contributed by atoms with Gasteiger partial charge >= 0.3 is 11.9 Å². The van der Waals surface area contributed by atoms with Crippen molar-refractivity contribution >= 4 is 11.8 Å². The monoisotopic (exact) mass is 354 g/mol. The predicted molar refractivity (Wildman–Crippen MR) is 90.1 cm³/mol. The van der Waals surface area contributed by atoms with Crippen LogP contribution in [0.15, 0.2) is 54.6 Å². The van der Waals surface area contributed by atoms with Crippen molar-refractivity contribution in [3.8, 4) is 0 Å². The van der Waals surface area contributed by atoms with E-state index in [0.717, 1.165) is 5.56 Å². The van der Waals surface area contributed by atoms with Crippen LogP contribution in [0, 0.1) is 0 Å². The zero-order chi connectivity index (χ0) is 18.4. The summed E-state index contributed by atoms with van der Waals surface area (Å²) in [5.74, 6) is -2.60. The Morgan fingerprint density at radius 3 is 2.54 bits per heavy atom. The minimum absolute atomic E-state index is 0.0759. The summed E-state index contributed by atoms with van der Waals surface area (Å²) in [5.41, 5.74) is 0.0943. The van der Waals surface area contributed by atoms with Gasteiger partial charge in [0.1, 0.15) is 6.61 Å². The number of rotatable bonds is 4. The van der Waals surface area contributed by atoms with Crippen LogP contribution >= 0.6 is 0 Å². The minimum Gasteiger partial charge on any atom is -0.459 e. The molecule has 0 unspecified atom stereocenters. The Labute approximate surface area is 150 Å². The van der Waals surface area contributed by atoms with Gasteiger partial charge in [-0.05, 0) is 12.5 Å². The van der Waals surface area contributed by atoms with E-state index in [1.54, 1.807) is 24.3 Å². The van der Waals surface area contributed by atoms with Gasteiger partial charge in [-0.15, -0.1) is 0 Å². The maximum absolute atomic E-state index is 12.9. The normalized spacial score (nSPS) is 29.3. The van der Waals surface area contributed by atoms with E-state index < -0.39 is 23.6 Å². The summed E-state index contributed by atoms with van der Waals surface area (Å²) in [4.78, 5) is 25.7. The fraction of sp³-hybridized carbons (Fsp3) is 0.300. The Kier molecular flexibility index (Phi) is 3.91. The minimum atomic E-state index is -1.61. The maximum atomic E-state index is 12.9. The van der Waals surface area contributed by atoms with E-state index in [1.165, 1.54) is 14.0 Å². The quantitative estimate of drug-likeness (QED) is 0.786. The summed E-state index contributed by atoms with van der Waals surface area (Å²) in [6, 6.07) is 16.1. The summed E-state index contributed by atoms with van der Waals surface area (Å²) in [6.45, 7) is 1.57. The highest BCUT2D eigenvalue weighted by molar-refractivity contribution is 6.06. The van der Waals surface area contributed by atoms with Gasteiger partial charge in [0.25, 0.3) is 0 Å². The number of methoxy groups -OCH3 is 1. The van der Waals surface area contributed by atoms with Crippen LogP contribution in [-0.2, 0) is 36.3 Å². The van der Waals surface area contributed by atoms with E-state index in [9.17, 15) is 9.59 Å². The molecule has 0 saturated carbocycles. The Bertz CT molecular complexity index is 864. The van der Waals surface area contributed by atoms with Gasteiger partial charge in [0.05, 0.1) is 5.56 Å². The average Bonchev–Trinajstić information content (AvgIpc) is 2.98. The number of Topliss-reactive ketones (excluding diaryl/α,β-unsaturated/α-hetero) is 1. The van der Waals surface area contributed by atoms with E-state index in [-0.39, 0.29) is 12.4 Å². The van der Waals surface area contributed by atoms with Crippen molar-refractivity contribution in [2.75, 3.05) is 7.11 Å². The molecule has 0 aliphatic carbocycles. The molecule has 0 spiro atoms. The molecule has 2 heterocycles. The van der Waals surface area contributed by atoms with Crippen molar-refractivity contribution in [1.82, 2.24) is 0 Å². The number of carbonyl (C=O) groups excluding carboxylic acids is 2. The van der Waals surface area contributed by atoms with Gasteiger partial charge in [-0.25, -0.2) is 4.79 Å². The molecule has 2 aliphatic rings. The number of benzene rings is 2. The van der Waals surface area contributed by atoms with Crippen molar-refractivity contribution in [2.45, 2.75) is 31.2 Å². The first-order valence-electron chi connectivity index (χ1n) is 8.28. The van der Waals surface area contributed by atoms with Crippen LogP contribution in [0.25, 0.3) is 0 Å². The lowest BCUT2D eigenvalue weighted by molar-refractivity contribution is -0.348. The number of hydrogen-bond acceptors (Lipinski definition) is 6. The predicted octanol–water partition coefficient (Wildman–Crippen LogP) is 2.56. The highest BCUT2D eigenvalue weighted by Crippen LogP contribution is 2.50. The van der Waals surface area contributed by atoms with Gasteiger partial charge in [-0.1, -0.05) is 54.6 Å². The largest absolute Gasteiger partial charge is 0.459 e. The molecule has 0 radical (unpaired) electrons. The molecule has 134 valence electrons. The summed E-state index contributed by atoms with van der Waals surface area (Å²) in [7, 11) is 1.41. The molecule has 4 rings (SSSR count). The summed E-state index contributed by atoms with van der Waals surface area (Å²) < 4.78 is 22.5. The topological polar surface area (TPSA) is 71.1 Å². The first-order valence-corrected chi connectivity index (χ1v) is 8.28. The molecule has 26 heavy (non-hydrogen) atoms. The van der Waals surface area contributed by atoms with Crippen LogP contribution in [0.4, 0.5) is 0 Å². The SMILES string of the molecule is CO[C@]12O[C@H](C(=O)c3ccccc31)[C@@](C)(C(=O)OCc1ccccc1)O2. The molecule has 0 N–H and O–H groups in total. The van der Waals surface area contributed by atoms with Crippen molar-refractivity contribution in [1.29, 1.82) is 0 Å². The Hall–Kier alpha value is -2.54. The maximum Gasteiger partial charge on any atom is 0.341 e. The first-order chi connectivity index (χ1) is 12.5. The van der Waals surface area contributed by atoms with Crippen LogP contribution in [-0.4, -0.2) is 30.6 Å². The van der Waals surface area contributed by atoms with Gasteiger partial charge in [0, 0.05) is 12.7 Å². The van der Waals surface area contributed by atoms with E-state index in [0.29, 0.717) is 11.1 Å². The molecule has 0 aromatic heterocycles. The summed E-state index contributed by atoms with van der Waals surface area (Å²) >= 11 is 0. The fourth-order valence-corrected chi connectivity index (χ4v) is 3.37. The molecular weight excluding hydrogens is 336 g/mol. The Morgan fingerprint density at radius 1 is 1.12 bits per heavy atom. The van der Waals surface area contributed by atoms with Crippen LogP contribution in [0.1, 0.15) is 28.4 Å². The third-order valence-electron chi connectivity index (χ3n) is 4.77. The molecule has 2 bridgehead atoms. The molecule has 6 heteroatoms. The fourth-order valence-electron chi connectivity index (χ4n) is 3.37. The Balaban J connectivity index is 1.64. The molecule has 2 aliphatic heterocycles. The average molecular weight is 354 g/mol. The van der Waals surface area contributed by atoms with Gasteiger partial charge in [0.2, 0.25) is 5.60 Å². The van der Waals surface area contributed by atoms with Gasteiger partial charge in [-0.2, -0.15) is 0 Å². The summed E-state index contributed by atoms with van der Waals surface area (Å²) in [6.07, 6.45) is -1.14. The summed E-state index contributed by atoms with van der Waals surface area (Å²) in [5, 5.41) is 0. The van der Waals surface area contributed by atoms with Gasteiger partial charge in [0.15, 0.2) is 11.9 Å². The van der Waals surface area contributed by atoms with E-state index in [2.05, 4.69) is 0 Å². The number of carbonyl (C=O) groups is 2. The van der Waals surface area contributed by atoms with Crippen LogP contribution in [0.2, 0.25) is 0 Å². The molecular formula is C20H18O6. The zero-order valence-corrected chi connectivity index (χ0v) is 14.4. The van der Waals surface area contributed by atoms with Gasteiger partial charge in [-0.3, -0.25) is 4.79 Å². The number of fused-ring (bicyclic) bond motifs is 4. The second kappa shape index (κ2) is 6.02. The van der Waals surface area contributed by atoms with Crippen molar-refractivity contribution in [3.63, 3.8) is 0 Å². The van der Waals surface area contributed by atoms with Crippen molar-refractivity contribution in [3.05, 3.63) is 71.3 Å². The third kappa shape index (κ3) is 2.38. The lowest BCUT2D eigenvalue weighted by Gasteiger charge is -2.30. The zero-order valence-electron chi connectivity index (χ0n) is 14.4. The smallest absolute Gasteiger partial charge is 0.341 e. The van der Waals surface area contributed by atoms with E-state index in [4.69, 9.17) is 18.9 Å². The van der Waals surface area contributed by atoms with Crippen LogP contribution in [0.3, 0.4) is 0 Å².